The van der Waals surface area contributed by atoms with Crippen molar-refractivity contribution in [3.8, 4) is 0 Å². The van der Waals surface area contributed by atoms with Gasteiger partial charge in [0.2, 0.25) is 0 Å². The van der Waals surface area contributed by atoms with E-state index in [1.165, 1.54) is 12.8 Å². The Bertz CT molecular complexity index is 140. The largest absolute Gasteiger partial charge is 0.166 e. The smallest absolute Gasteiger partial charge is 0.0702 e. The van der Waals surface area contributed by atoms with Gasteiger partial charge >= 0.3 is 0 Å². The van der Waals surface area contributed by atoms with Crippen molar-refractivity contribution >= 4 is 6.21 Å². The van der Waals surface area contributed by atoms with Crippen molar-refractivity contribution in [3.63, 3.8) is 0 Å². The van der Waals surface area contributed by atoms with Gasteiger partial charge in [-0.1, -0.05) is 6.42 Å². The molecule has 10 heavy (non-hydrogen) atoms. The molecule has 56 valence electrons. The summed E-state index contributed by atoms with van der Waals surface area (Å²) in [7, 11) is 0. The maximum atomic E-state index is 3.97. The molecule has 3 nitrogen and oxygen atoms in total. The maximum Gasteiger partial charge on any atom is 0.0702 e. The van der Waals surface area contributed by atoms with Crippen LogP contribution in [0.15, 0.2) is 15.4 Å². The van der Waals surface area contributed by atoms with E-state index in [2.05, 4.69) is 22.4 Å². The minimum absolute atomic E-state index is 0.357. The first-order chi connectivity index (χ1) is 4.89. The van der Waals surface area contributed by atoms with Crippen LogP contribution >= 0.6 is 0 Å². The lowest BCUT2D eigenvalue weighted by molar-refractivity contribution is 0.589. The molecule has 1 aliphatic heterocycles. The van der Waals surface area contributed by atoms with Crippen LogP contribution in [-0.2, 0) is 0 Å². The average molecular weight is 139 g/mol. The van der Waals surface area contributed by atoms with E-state index in [9.17, 15) is 0 Å². The van der Waals surface area contributed by atoms with Gasteiger partial charge in [-0.2, -0.15) is 5.11 Å². The van der Waals surface area contributed by atoms with Crippen molar-refractivity contribution in [3.05, 3.63) is 0 Å². The third-order valence-electron chi connectivity index (χ3n) is 1.59. The van der Waals surface area contributed by atoms with Gasteiger partial charge in [-0.3, -0.25) is 0 Å². The summed E-state index contributed by atoms with van der Waals surface area (Å²) in [5.41, 5.74) is 0. The molecule has 1 heterocycles. The minimum atomic E-state index is 0.357. The zero-order chi connectivity index (χ0) is 7.23. The normalized spacial score (nSPS) is 30.3. The van der Waals surface area contributed by atoms with Crippen molar-refractivity contribution in [2.45, 2.75) is 38.6 Å². The van der Waals surface area contributed by atoms with Crippen LogP contribution in [0.25, 0.3) is 0 Å². The lowest BCUT2D eigenvalue weighted by atomic mass is 10.1. The van der Waals surface area contributed by atoms with Crippen molar-refractivity contribution < 1.29 is 0 Å². The molecule has 0 saturated carbocycles. The third kappa shape index (κ3) is 2.71. The van der Waals surface area contributed by atoms with Crippen molar-refractivity contribution in [2.24, 2.45) is 15.4 Å². The molecule has 1 atom stereocenters. The van der Waals surface area contributed by atoms with E-state index in [4.69, 9.17) is 0 Å². The Morgan fingerprint density at radius 1 is 1.40 bits per heavy atom. The number of rotatable bonds is 0. The van der Waals surface area contributed by atoms with E-state index in [0.717, 1.165) is 12.8 Å². The molecule has 3 heteroatoms. The van der Waals surface area contributed by atoms with Crippen LogP contribution in [0, 0.1) is 0 Å². The molecule has 0 amide bonds. The zero-order valence-electron chi connectivity index (χ0n) is 6.32. The molecule has 0 spiro atoms. The van der Waals surface area contributed by atoms with Crippen LogP contribution in [0.4, 0.5) is 0 Å². The van der Waals surface area contributed by atoms with E-state index in [0.29, 0.717) is 6.04 Å². The molecule has 0 aromatic rings. The summed E-state index contributed by atoms with van der Waals surface area (Å²) in [6.45, 7) is 2.07. The molecule has 1 rings (SSSR count). The number of hydrogen-bond donors (Lipinski definition) is 0. The van der Waals surface area contributed by atoms with Crippen LogP contribution < -0.4 is 0 Å². The van der Waals surface area contributed by atoms with E-state index in [1.807, 2.05) is 6.21 Å². The topological polar surface area (TPSA) is 37.1 Å². The van der Waals surface area contributed by atoms with Gasteiger partial charge in [-0.05, 0) is 31.4 Å². The van der Waals surface area contributed by atoms with Crippen LogP contribution in [-0.4, -0.2) is 12.3 Å². The Morgan fingerprint density at radius 2 is 2.30 bits per heavy atom. The van der Waals surface area contributed by atoms with Gasteiger partial charge in [0.15, 0.2) is 0 Å². The van der Waals surface area contributed by atoms with Crippen LogP contribution in [0.2, 0.25) is 0 Å². The highest BCUT2D eigenvalue weighted by molar-refractivity contribution is 5.56. The quantitative estimate of drug-likeness (QED) is 0.494. The summed E-state index contributed by atoms with van der Waals surface area (Å²) >= 11 is 0. The molecular weight excluding hydrogens is 126 g/mol. The molecule has 0 aromatic carbocycles. The molecule has 0 bridgehead atoms. The number of nitrogens with zero attached hydrogens (tertiary/aromatic N) is 3. The minimum Gasteiger partial charge on any atom is -0.166 e. The molecule has 1 unspecified atom stereocenters. The van der Waals surface area contributed by atoms with Crippen molar-refractivity contribution in [2.75, 3.05) is 0 Å². The van der Waals surface area contributed by atoms with Gasteiger partial charge in [0.05, 0.1) is 6.04 Å². The summed E-state index contributed by atoms with van der Waals surface area (Å²) in [5, 5.41) is 11.4. The second kappa shape index (κ2) is 4.14. The van der Waals surface area contributed by atoms with E-state index >= 15 is 0 Å². The maximum absolute atomic E-state index is 3.97. The molecule has 1 aliphatic rings. The van der Waals surface area contributed by atoms with Gasteiger partial charge in [-0.15, -0.1) is 5.10 Å². The van der Waals surface area contributed by atoms with E-state index in [-0.39, 0.29) is 0 Å². The third-order valence-corrected chi connectivity index (χ3v) is 1.59. The van der Waals surface area contributed by atoms with Gasteiger partial charge < -0.3 is 0 Å². The molecule has 0 aliphatic carbocycles. The van der Waals surface area contributed by atoms with Crippen molar-refractivity contribution in [1.82, 2.24) is 0 Å². The van der Waals surface area contributed by atoms with Gasteiger partial charge in [-0.25, -0.2) is 0 Å². The highest BCUT2D eigenvalue weighted by Gasteiger charge is 1.99. The van der Waals surface area contributed by atoms with Gasteiger partial charge in [0, 0.05) is 6.21 Å². The summed E-state index contributed by atoms with van der Waals surface area (Å²) in [4.78, 5) is 0. The molecule has 0 saturated heterocycles. The SMILES string of the molecule is CC1CCCC/C=N\N=N1. The lowest BCUT2D eigenvalue weighted by Crippen LogP contribution is -1.95. The predicted molar refractivity (Wildman–Crippen MR) is 41.3 cm³/mol. The molecule has 0 fully saturated rings. The average Bonchev–Trinajstić information content (AvgIpc) is 2.02. The first-order valence-electron chi connectivity index (χ1n) is 3.81. The Morgan fingerprint density at radius 3 is 3.20 bits per heavy atom. The lowest BCUT2D eigenvalue weighted by Gasteiger charge is -1.99. The summed E-state index contributed by atoms with van der Waals surface area (Å²) in [6, 6.07) is 0.357. The Kier molecular flexibility index (Phi) is 3.06. The standard InChI is InChI=1S/C7H13N3/c1-7-5-3-2-4-6-8-10-9-7/h6-7H,2-5H2,1H3/b8-6-,10-9?. The highest BCUT2D eigenvalue weighted by atomic mass is 15.4. The first-order valence-corrected chi connectivity index (χ1v) is 3.81. The molecule has 0 aromatic heterocycles. The van der Waals surface area contributed by atoms with Crippen LogP contribution in [0.5, 0.6) is 0 Å². The molecular formula is C7H13N3. The summed E-state index contributed by atoms with van der Waals surface area (Å²) < 4.78 is 0. The fourth-order valence-electron chi connectivity index (χ4n) is 0.945. The van der Waals surface area contributed by atoms with E-state index < -0.39 is 0 Å². The number of hydrogen-bond acceptors (Lipinski definition) is 3. The van der Waals surface area contributed by atoms with Gasteiger partial charge in [0.25, 0.3) is 0 Å². The first kappa shape index (κ1) is 7.38. The second-order valence-electron chi connectivity index (χ2n) is 2.64. The van der Waals surface area contributed by atoms with E-state index in [1.54, 1.807) is 0 Å². The highest BCUT2D eigenvalue weighted by Crippen LogP contribution is 2.07. The fourth-order valence-corrected chi connectivity index (χ4v) is 0.945. The second-order valence-corrected chi connectivity index (χ2v) is 2.64. The van der Waals surface area contributed by atoms with Crippen LogP contribution in [0.1, 0.15) is 32.6 Å². The fraction of sp³-hybridized carbons (Fsp3) is 0.857. The summed E-state index contributed by atoms with van der Waals surface area (Å²) in [6.07, 6.45) is 6.49. The molecule has 0 N–H and O–H groups in total. The predicted octanol–water partition coefficient (Wildman–Crippen LogP) is 2.39. The van der Waals surface area contributed by atoms with Crippen LogP contribution in [0.3, 0.4) is 0 Å². The monoisotopic (exact) mass is 139 g/mol. The van der Waals surface area contributed by atoms with Crippen molar-refractivity contribution in [1.29, 1.82) is 0 Å². The molecule has 0 radical (unpaired) electrons. The summed E-state index contributed by atoms with van der Waals surface area (Å²) in [5.74, 6) is 0. The Hall–Kier alpha value is -0.730. The Labute approximate surface area is 61.2 Å². The Balaban J connectivity index is 2.40. The zero-order valence-corrected chi connectivity index (χ0v) is 6.32. The van der Waals surface area contributed by atoms with Gasteiger partial charge in [0.1, 0.15) is 0 Å².